The molecule has 0 spiro atoms. The van der Waals surface area contributed by atoms with Gasteiger partial charge in [0.15, 0.2) is 0 Å². The molecule has 1 aliphatic rings. The van der Waals surface area contributed by atoms with Crippen LogP contribution >= 0.6 is 0 Å². The normalized spacial score (nSPS) is 17.4. The number of nitrogens with zero attached hydrogens (tertiary/aromatic N) is 1. The average molecular weight is 333 g/mol. The van der Waals surface area contributed by atoms with E-state index in [9.17, 15) is 14.4 Å². The molecule has 0 aliphatic carbocycles. The molecule has 1 aromatic carbocycles. The fraction of sp³-hybridized carbons (Fsp3) is 0.471. The highest BCUT2D eigenvalue weighted by Crippen LogP contribution is 2.14. The smallest absolute Gasteiger partial charge is 0.251 e. The molecule has 3 amide bonds. The largest absolute Gasteiger partial charge is 0.497 e. The van der Waals surface area contributed by atoms with Crippen molar-refractivity contribution >= 4 is 17.7 Å². The fourth-order valence-electron chi connectivity index (χ4n) is 2.73. The zero-order chi connectivity index (χ0) is 17.7. The molecule has 7 nitrogen and oxygen atoms in total. The Balaban J connectivity index is 1.95. The summed E-state index contributed by atoms with van der Waals surface area (Å²) >= 11 is 0. The third-order valence-electron chi connectivity index (χ3n) is 3.96. The molecule has 1 heterocycles. The van der Waals surface area contributed by atoms with Crippen molar-refractivity contribution < 1.29 is 19.1 Å². The van der Waals surface area contributed by atoms with Crippen molar-refractivity contribution in [1.29, 1.82) is 0 Å². The Morgan fingerprint density at radius 3 is 2.58 bits per heavy atom. The molecule has 0 aromatic heterocycles. The molecule has 1 atom stereocenters. The van der Waals surface area contributed by atoms with Gasteiger partial charge in [-0.25, -0.2) is 0 Å². The number of benzene rings is 1. The molecule has 0 bridgehead atoms. The number of hydrogen-bond acceptors (Lipinski definition) is 4. The maximum absolute atomic E-state index is 12.4. The summed E-state index contributed by atoms with van der Waals surface area (Å²) in [5.74, 6) is -0.0849. The first-order chi connectivity index (χ1) is 11.4. The van der Waals surface area contributed by atoms with Crippen molar-refractivity contribution in [1.82, 2.24) is 15.5 Å². The first-order valence-electron chi connectivity index (χ1n) is 7.93. The number of carbonyl (C=O) groups is 3. The highest BCUT2D eigenvalue weighted by atomic mass is 16.5. The van der Waals surface area contributed by atoms with Crippen LogP contribution in [0, 0.1) is 5.92 Å². The number of carbonyl (C=O) groups excluding carboxylic acids is 3. The molecular weight excluding hydrogens is 310 g/mol. The number of nitrogens with one attached hydrogen (secondary N) is 2. The van der Waals surface area contributed by atoms with Gasteiger partial charge in [-0.05, 0) is 30.2 Å². The lowest BCUT2D eigenvalue weighted by atomic mass is 9.99. The van der Waals surface area contributed by atoms with Crippen LogP contribution in [0.25, 0.3) is 0 Å². The van der Waals surface area contributed by atoms with E-state index in [0.717, 1.165) is 0 Å². The number of ether oxygens (including phenoxy) is 1. The SMILES string of the molecule is COc1ccc(C(=O)NCC(=O)N2CCNC(=O)C2C(C)C)cc1. The van der Waals surface area contributed by atoms with Crippen LogP contribution in [0.15, 0.2) is 24.3 Å². The second kappa shape index (κ2) is 7.81. The molecule has 1 saturated heterocycles. The highest BCUT2D eigenvalue weighted by Gasteiger charge is 2.34. The minimum atomic E-state index is -0.496. The average Bonchev–Trinajstić information content (AvgIpc) is 2.58. The van der Waals surface area contributed by atoms with Crippen molar-refractivity contribution in [3.05, 3.63) is 29.8 Å². The number of amides is 3. The van der Waals surface area contributed by atoms with Crippen molar-refractivity contribution in [3.8, 4) is 5.75 Å². The molecule has 24 heavy (non-hydrogen) atoms. The quantitative estimate of drug-likeness (QED) is 0.817. The van der Waals surface area contributed by atoms with Crippen molar-refractivity contribution in [2.24, 2.45) is 5.92 Å². The Bertz CT molecular complexity index is 613. The first-order valence-corrected chi connectivity index (χ1v) is 7.93. The summed E-state index contributed by atoms with van der Waals surface area (Å²) < 4.78 is 5.04. The van der Waals surface area contributed by atoms with Gasteiger partial charge >= 0.3 is 0 Å². The van der Waals surface area contributed by atoms with Gasteiger partial charge in [0.1, 0.15) is 11.8 Å². The van der Waals surface area contributed by atoms with Gasteiger partial charge < -0.3 is 20.3 Å². The van der Waals surface area contributed by atoms with Crippen molar-refractivity contribution in [2.75, 3.05) is 26.7 Å². The summed E-state index contributed by atoms with van der Waals surface area (Å²) in [5, 5.41) is 5.37. The lowest BCUT2D eigenvalue weighted by Crippen LogP contribution is -2.60. The van der Waals surface area contributed by atoms with E-state index in [1.165, 1.54) is 4.90 Å². The second-order valence-corrected chi connectivity index (χ2v) is 5.98. The van der Waals surface area contributed by atoms with Gasteiger partial charge in [0.2, 0.25) is 11.8 Å². The molecule has 2 rings (SSSR count). The third-order valence-corrected chi connectivity index (χ3v) is 3.96. The number of piperazine rings is 1. The van der Waals surface area contributed by atoms with Crippen LogP contribution in [0.2, 0.25) is 0 Å². The van der Waals surface area contributed by atoms with E-state index in [0.29, 0.717) is 24.4 Å². The standard InChI is InChI=1S/C17H23N3O4/c1-11(2)15-17(23)18-8-9-20(15)14(21)10-19-16(22)12-4-6-13(24-3)7-5-12/h4-7,11,15H,8-10H2,1-3H3,(H,18,23)(H,19,22). The Morgan fingerprint density at radius 2 is 2.00 bits per heavy atom. The summed E-state index contributed by atoms with van der Waals surface area (Å²) in [7, 11) is 1.55. The van der Waals surface area contributed by atoms with Gasteiger partial charge in [0, 0.05) is 18.7 Å². The Kier molecular flexibility index (Phi) is 5.78. The van der Waals surface area contributed by atoms with Gasteiger partial charge in [-0.1, -0.05) is 13.8 Å². The molecule has 1 fully saturated rings. The van der Waals surface area contributed by atoms with E-state index >= 15 is 0 Å². The predicted molar refractivity (Wildman–Crippen MR) is 88.7 cm³/mol. The van der Waals surface area contributed by atoms with E-state index in [2.05, 4.69) is 10.6 Å². The zero-order valence-electron chi connectivity index (χ0n) is 14.2. The highest BCUT2D eigenvalue weighted by molar-refractivity contribution is 5.97. The van der Waals surface area contributed by atoms with Crippen LogP contribution in [0.4, 0.5) is 0 Å². The molecule has 2 N–H and O–H groups in total. The van der Waals surface area contributed by atoms with E-state index in [1.54, 1.807) is 31.4 Å². The maximum atomic E-state index is 12.4. The zero-order valence-corrected chi connectivity index (χ0v) is 14.2. The van der Waals surface area contributed by atoms with Crippen LogP contribution in [0.1, 0.15) is 24.2 Å². The van der Waals surface area contributed by atoms with E-state index in [-0.39, 0.29) is 30.2 Å². The van der Waals surface area contributed by atoms with Crippen molar-refractivity contribution in [3.63, 3.8) is 0 Å². The van der Waals surface area contributed by atoms with Gasteiger partial charge in [0.25, 0.3) is 5.91 Å². The monoisotopic (exact) mass is 333 g/mol. The first kappa shape index (κ1) is 17.8. The lowest BCUT2D eigenvalue weighted by Gasteiger charge is -2.37. The van der Waals surface area contributed by atoms with Gasteiger partial charge in [-0.3, -0.25) is 14.4 Å². The molecule has 7 heteroatoms. The summed E-state index contributed by atoms with van der Waals surface area (Å²) in [6.07, 6.45) is 0. The summed E-state index contributed by atoms with van der Waals surface area (Å²) in [6, 6.07) is 6.12. The molecule has 0 saturated carbocycles. The van der Waals surface area contributed by atoms with Crippen LogP contribution in [-0.4, -0.2) is 55.4 Å². The molecule has 130 valence electrons. The third kappa shape index (κ3) is 4.04. The lowest BCUT2D eigenvalue weighted by molar-refractivity contribution is -0.144. The number of rotatable bonds is 5. The topological polar surface area (TPSA) is 87.7 Å². The molecule has 0 radical (unpaired) electrons. The second-order valence-electron chi connectivity index (χ2n) is 5.98. The van der Waals surface area contributed by atoms with E-state index in [1.807, 2.05) is 13.8 Å². The fourth-order valence-corrected chi connectivity index (χ4v) is 2.73. The van der Waals surface area contributed by atoms with Crippen LogP contribution in [0.3, 0.4) is 0 Å². The van der Waals surface area contributed by atoms with Crippen LogP contribution in [0.5, 0.6) is 5.75 Å². The Hall–Kier alpha value is -2.57. The maximum Gasteiger partial charge on any atom is 0.251 e. The molecular formula is C17H23N3O4. The summed E-state index contributed by atoms with van der Waals surface area (Å²) in [6.45, 7) is 4.53. The number of methoxy groups -OCH3 is 1. The van der Waals surface area contributed by atoms with Gasteiger partial charge in [0.05, 0.1) is 13.7 Å². The Morgan fingerprint density at radius 1 is 1.33 bits per heavy atom. The van der Waals surface area contributed by atoms with E-state index < -0.39 is 6.04 Å². The summed E-state index contributed by atoms with van der Waals surface area (Å²) in [5.41, 5.74) is 0.445. The number of hydrogen-bond donors (Lipinski definition) is 2. The van der Waals surface area contributed by atoms with Crippen LogP contribution < -0.4 is 15.4 Å². The predicted octanol–water partition coefficient (Wildman–Crippen LogP) is 0.408. The molecule has 1 unspecified atom stereocenters. The minimum absolute atomic E-state index is 0.00606. The summed E-state index contributed by atoms with van der Waals surface area (Å²) in [4.78, 5) is 38.0. The molecule has 1 aliphatic heterocycles. The Labute approximate surface area is 141 Å². The van der Waals surface area contributed by atoms with Crippen LogP contribution in [-0.2, 0) is 9.59 Å². The van der Waals surface area contributed by atoms with Crippen molar-refractivity contribution in [2.45, 2.75) is 19.9 Å². The van der Waals surface area contributed by atoms with Gasteiger partial charge in [-0.15, -0.1) is 0 Å². The minimum Gasteiger partial charge on any atom is -0.497 e. The van der Waals surface area contributed by atoms with E-state index in [4.69, 9.17) is 4.74 Å². The molecule has 1 aromatic rings. The van der Waals surface area contributed by atoms with Gasteiger partial charge in [-0.2, -0.15) is 0 Å².